The molecule has 2 saturated heterocycles. The molecule has 12 nitrogen and oxygen atoms in total. The molecule has 1 aromatic carbocycles. The summed E-state index contributed by atoms with van der Waals surface area (Å²) < 4.78 is 21.9. The predicted octanol–water partition coefficient (Wildman–Crippen LogP) is 2.59. The number of aromatic nitrogens is 2. The number of anilines is 1. The first-order valence-corrected chi connectivity index (χ1v) is 12.4. The smallest absolute Gasteiger partial charge is 0.410 e. The molecule has 5 rings (SSSR count). The number of methoxy groups -OCH3 is 1. The molecule has 2 aromatic rings. The SMILES string of the molecule is COc1cc(O)c(C=O)c(OCC(=O)Nc2cc(C3CC[C@@H](OC(=O)N4C5CCC4COC5)C3)[nH]n2)c1. The number of phenols is 1. The molecule has 12 heteroatoms. The number of nitrogens with one attached hydrogen (secondary N) is 2. The van der Waals surface area contributed by atoms with Crippen molar-refractivity contribution >= 4 is 24.1 Å². The van der Waals surface area contributed by atoms with Gasteiger partial charge in [0.1, 0.15) is 23.4 Å². The lowest BCUT2D eigenvalue weighted by molar-refractivity contribution is -0.118. The van der Waals surface area contributed by atoms with E-state index in [1.165, 1.54) is 19.2 Å². The highest BCUT2D eigenvalue weighted by Gasteiger charge is 2.42. The molecule has 2 amide bonds. The Morgan fingerprint density at radius 1 is 1.22 bits per heavy atom. The molecule has 2 aliphatic heterocycles. The maximum absolute atomic E-state index is 12.8. The maximum Gasteiger partial charge on any atom is 0.410 e. The number of morpholine rings is 1. The van der Waals surface area contributed by atoms with E-state index in [2.05, 4.69) is 15.5 Å². The van der Waals surface area contributed by atoms with Gasteiger partial charge in [-0.1, -0.05) is 0 Å². The lowest BCUT2D eigenvalue weighted by Gasteiger charge is -2.34. The lowest BCUT2D eigenvalue weighted by atomic mass is 10.0. The second-order valence-electron chi connectivity index (χ2n) is 9.57. The molecule has 1 aliphatic carbocycles. The zero-order valence-corrected chi connectivity index (χ0v) is 20.5. The zero-order chi connectivity index (χ0) is 25.9. The van der Waals surface area contributed by atoms with Gasteiger partial charge in [0, 0.05) is 29.8 Å². The number of ether oxygens (including phenoxy) is 4. The highest BCUT2D eigenvalue weighted by molar-refractivity contribution is 5.91. The first-order valence-electron chi connectivity index (χ1n) is 12.4. The van der Waals surface area contributed by atoms with Crippen LogP contribution < -0.4 is 14.8 Å². The minimum atomic E-state index is -0.490. The number of aromatic amines is 1. The summed E-state index contributed by atoms with van der Waals surface area (Å²) in [4.78, 5) is 38.3. The summed E-state index contributed by atoms with van der Waals surface area (Å²) >= 11 is 0. The number of fused-ring (bicyclic) bond motifs is 2. The largest absolute Gasteiger partial charge is 0.507 e. The van der Waals surface area contributed by atoms with Gasteiger partial charge >= 0.3 is 6.09 Å². The molecule has 0 spiro atoms. The number of benzene rings is 1. The van der Waals surface area contributed by atoms with E-state index in [1.54, 1.807) is 6.07 Å². The second-order valence-corrected chi connectivity index (χ2v) is 9.57. The van der Waals surface area contributed by atoms with Crippen LogP contribution in [0.1, 0.15) is 54.1 Å². The van der Waals surface area contributed by atoms with Gasteiger partial charge in [-0.15, -0.1) is 0 Å². The third-order valence-corrected chi connectivity index (χ3v) is 7.21. The lowest BCUT2D eigenvalue weighted by Crippen LogP contribution is -2.49. The standard InChI is InChI=1S/C25H30N4O8/c1-34-18-7-21(31)19(10-30)22(8-18)36-13-24(32)26-23-9-20(27-28-23)14-2-5-17(6-14)37-25(33)29-15-3-4-16(29)12-35-11-15/h7-10,14-17,31H,2-6,11-13H2,1H3,(H2,26,27,28,32)/t14?,15?,16?,17-/m1/s1. The summed E-state index contributed by atoms with van der Waals surface area (Å²) in [6.07, 6.45) is 4.22. The van der Waals surface area contributed by atoms with Crippen molar-refractivity contribution in [3.63, 3.8) is 0 Å². The van der Waals surface area contributed by atoms with Crippen molar-refractivity contribution in [3.8, 4) is 17.2 Å². The van der Waals surface area contributed by atoms with Crippen molar-refractivity contribution in [2.24, 2.45) is 0 Å². The van der Waals surface area contributed by atoms with E-state index < -0.39 is 12.5 Å². The fourth-order valence-electron chi connectivity index (χ4n) is 5.33. The first-order chi connectivity index (χ1) is 17.9. The van der Waals surface area contributed by atoms with Crippen LogP contribution in [0.5, 0.6) is 17.2 Å². The first kappa shape index (κ1) is 24.9. The average molecular weight is 515 g/mol. The molecule has 1 aromatic heterocycles. The minimum absolute atomic E-state index is 0.0290. The summed E-state index contributed by atoms with van der Waals surface area (Å²) in [5.41, 5.74) is 0.774. The van der Waals surface area contributed by atoms with Crippen LogP contribution in [0.25, 0.3) is 0 Å². The Morgan fingerprint density at radius 2 is 2.00 bits per heavy atom. The third-order valence-electron chi connectivity index (χ3n) is 7.21. The van der Waals surface area contributed by atoms with Crippen molar-refractivity contribution in [3.05, 3.63) is 29.5 Å². The monoisotopic (exact) mass is 514 g/mol. The Kier molecular flexibility index (Phi) is 7.17. The number of aromatic hydroxyl groups is 1. The molecule has 37 heavy (non-hydrogen) atoms. The van der Waals surface area contributed by atoms with Crippen molar-refractivity contribution in [1.82, 2.24) is 15.1 Å². The molecular weight excluding hydrogens is 484 g/mol. The van der Waals surface area contributed by atoms with Crippen LogP contribution in [0.3, 0.4) is 0 Å². The van der Waals surface area contributed by atoms with E-state index in [9.17, 15) is 19.5 Å². The van der Waals surface area contributed by atoms with Crippen molar-refractivity contribution in [2.75, 3.05) is 32.2 Å². The van der Waals surface area contributed by atoms with Gasteiger partial charge in [-0.05, 0) is 32.1 Å². The minimum Gasteiger partial charge on any atom is -0.507 e. The normalized spacial score (nSPS) is 24.5. The Hall–Kier alpha value is -3.80. The highest BCUT2D eigenvalue weighted by Crippen LogP contribution is 2.37. The van der Waals surface area contributed by atoms with E-state index in [0.29, 0.717) is 31.7 Å². The van der Waals surface area contributed by atoms with Gasteiger partial charge < -0.3 is 29.4 Å². The van der Waals surface area contributed by atoms with E-state index in [4.69, 9.17) is 18.9 Å². The molecule has 3 heterocycles. The highest BCUT2D eigenvalue weighted by atomic mass is 16.6. The summed E-state index contributed by atoms with van der Waals surface area (Å²) in [6.45, 7) is 0.750. The average Bonchev–Trinajstić information content (AvgIpc) is 3.60. The quantitative estimate of drug-likeness (QED) is 0.451. The zero-order valence-electron chi connectivity index (χ0n) is 20.5. The molecule has 3 N–H and O–H groups in total. The number of hydrogen-bond acceptors (Lipinski definition) is 9. The summed E-state index contributed by atoms with van der Waals surface area (Å²) in [5.74, 6) is -0.0219. The molecule has 1 saturated carbocycles. The van der Waals surface area contributed by atoms with Gasteiger partial charge in [-0.25, -0.2) is 4.79 Å². The summed E-state index contributed by atoms with van der Waals surface area (Å²) in [6, 6.07) is 4.68. The van der Waals surface area contributed by atoms with Gasteiger partial charge in [0.15, 0.2) is 18.7 Å². The van der Waals surface area contributed by atoms with Gasteiger partial charge in [0.2, 0.25) is 0 Å². The fourth-order valence-corrected chi connectivity index (χ4v) is 5.33. The predicted molar refractivity (Wildman–Crippen MR) is 129 cm³/mol. The van der Waals surface area contributed by atoms with Gasteiger partial charge in [-0.2, -0.15) is 5.10 Å². The van der Waals surface area contributed by atoms with Crippen LogP contribution in [-0.2, 0) is 14.3 Å². The van der Waals surface area contributed by atoms with Crippen molar-refractivity contribution < 1.29 is 38.4 Å². The number of amides is 2. The van der Waals surface area contributed by atoms with Gasteiger partial charge in [0.25, 0.3) is 5.91 Å². The molecule has 2 bridgehead atoms. The summed E-state index contributed by atoms with van der Waals surface area (Å²) in [5, 5.41) is 19.7. The van der Waals surface area contributed by atoms with Crippen LogP contribution >= 0.6 is 0 Å². The summed E-state index contributed by atoms with van der Waals surface area (Å²) in [7, 11) is 1.41. The molecular formula is C25H30N4O8. The van der Waals surface area contributed by atoms with Crippen molar-refractivity contribution in [2.45, 2.75) is 56.2 Å². The number of hydrogen-bond donors (Lipinski definition) is 3. The van der Waals surface area contributed by atoms with Crippen molar-refractivity contribution in [1.29, 1.82) is 0 Å². The Morgan fingerprint density at radius 3 is 2.73 bits per heavy atom. The number of carbonyl (C=O) groups excluding carboxylic acids is 3. The van der Waals surface area contributed by atoms with Gasteiger partial charge in [0.05, 0.1) is 38.0 Å². The van der Waals surface area contributed by atoms with Crippen LogP contribution in [-0.4, -0.2) is 83.6 Å². The van der Waals surface area contributed by atoms with E-state index in [0.717, 1.165) is 31.4 Å². The third kappa shape index (κ3) is 5.33. The Bertz CT molecular complexity index is 1150. The van der Waals surface area contributed by atoms with Crippen LogP contribution in [0.15, 0.2) is 18.2 Å². The van der Waals surface area contributed by atoms with Gasteiger partial charge in [-0.3, -0.25) is 19.6 Å². The number of H-pyrrole nitrogens is 1. The topological polar surface area (TPSA) is 152 Å². The number of rotatable bonds is 8. The van der Waals surface area contributed by atoms with Crippen LogP contribution in [0.4, 0.5) is 10.6 Å². The Balaban J connectivity index is 1.12. The fraction of sp³-hybridized carbons (Fsp3) is 0.520. The number of nitrogens with zero attached hydrogens (tertiary/aromatic N) is 2. The number of phenolic OH excluding ortho intramolecular Hbond substituents is 1. The molecule has 198 valence electrons. The maximum atomic E-state index is 12.8. The van der Waals surface area contributed by atoms with E-state index >= 15 is 0 Å². The van der Waals surface area contributed by atoms with E-state index in [-0.39, 0.29) is 53.0 Å². The van der Waals surface area contributed by atoms with E-state index in [1.807, 2.05) is 4.90 Å². The second kappa shape index (κ2) is 10.7. The molecule has 3 fully saturated rings. The van der Waals surface area contributed by atoms with Crippen LogP contribution in [0, 0.1) is 0 Å². The molecule has 3 aliphatic rings. The molecule has 4 atom stereocenters. The molecule has 3 unspecified atom stereocenters. The number of carbonyl (C=O) groups is 3. The number of aldehydes is 1. The molecule has 0 radical (unpaired) electrons. The Labute approximate surface area is 213 Å². The van der Waals surface area contributed by atoms with Crippen LogP contribution in [0.2, 0.25) is 0 Å².